The number of amides is 1. The second-order valence-corrected chi connectivity index (χ2v) is 5.29. The van der Waals surface area contributed by atoms with E-state index in [1.54, 1.807) is 11.0 Å². The molecule has 1 unspecified atom stereocenters. The molecule has 1 aliphatic heterocycles. The molecule has 0 aromatic heterocycles. The minimum atomic E-state index is -0.412. The van der Waals surface area contributed by atoms with E-state index in [-0.39, 0.29) is 17.5 Å². The van der Waals surface area contributed by atoms with Crippen molar-refractivity contribution in [3.05, 3.63) is 46.0 Å². The third-order valence-corrected chi connectivity index (χ3v) is 4.06. The first-order valence-electron chi connectivity index (χ1n) is 6.90. The molecule has 1 amide bonds. The van der Waals surface area contributed by atoms with Gasteiger partial charge in [0.1, 0.15) is 0 Å². The van der Waals surface area contributed by atoms with E-state index < -0.39 is 4.92 Å². The third kappa shape index (κ3) is 2.19. The van der Waals surface area contributed by atoms with Crippen LogP contribution in [-0.4, -0.2) is 17.4 Å². The van der Waals surface area contributed by atoms with Crippen molar-refractivity contribution in [1.82, 2.24) is 0 Å². The van der Waals surface area contributed by atoms with Gasteiger partial charge in [0, 0.05) is 24.6 Å². The van der Waals surface area contributed by atoms with Crippen LogP contribution in [0.15, 0.2) is 30.4 Å². The number of hydrogen-bond acceptors (Lipinski definition) is 3. The van der Waals surface area contributed by atoms with Crippen molar-refractivity contribution in [1.29, 1.82) is 0 Å². The number of non-ortho nitro benzene ring substituents is 1. The lowest BCUT2D eigenvalue weighted by atomic mass is 9.93. The van der Waals surface area contributed by atoms with Crippen LogP contribution in [0.1, 0.15) is 24.8 Å². The summed E-state index contributed by atoms with van der Waals surface area (Å²) in [5.74, 6) is 0.124. The fourth-order valence-electron chi connectivity index (χ4n) is 2.95. The van der Waals surface area contributed by atoms with Gasteiger partial charge in [-0.25, -0.2) is 0 Å². The first-order valence-corrected chi connectivity index (χ1v) is 6.90. The van der Waals surface area contributed by atoms with Gasteiger partial charge in [0.05, 0.1) is 10.6 Å². The molecule has 5 heteroatoms. The summed E-state index contributed by atoms with van der Waals surface area (Å²) < 4.78 is 0. The highest BCUT2D eigenvalue weighted by Crippen LogP contribution is 2.34. The van der Waals surface area contributed by atoms with Gasteiger partial charge in [0.15, 0.2) is 0 Å². The van der Waals surface area contributed by atoms with Crippen molar-refractivity contribution in [3.63, 3.8) is 0 Å². The molecule has 0 radical (unpaired) electrons. The highest BCUT2D eigenvalue weighted by Gasteiger charge is 2.31. The number of carbonyl (C=O) groups excluding carboxylic acids is 1. The summed E-state index contributed by atoms with van der Waals surface area (Å²) in [4.78, 5) is 24.8. The van der Waals surface area contributed by atoms with E-state index in [1.165, 1.54) is 12.1 Å². The van der Waals surface area contributed by atoms with Gasteiger partial charge in [-0.15, -0.1) is 0 Å². The van der Waals surface area contributed by atoms with E-state index in [0.717, 1.165) is 36.9 Å². The molecule has 104 valence electrons. The quantitative estimate of drug-likeness (QED) is 0.472. The molecule has 0 saturated heterocycles. The SMILES string of the molecule is O=C(C1CC=CCC1)N1CCc2ccc([N+](=O)[O-])cc21. The molecule has 0 spiro atoms. The Morgan fingerprint density at radius 3 is 2.90 bits per heavy atom. The van der Waals surface area contributed by atoms with Gasteiger partial charge < -0.3 is 4.90 Å². The Bertz CT molecular complexity index is 595. The van der Waals surface area contributed by atoms with Gasteiger partial charge in [-0.1, -0.05) is 18.2 Å². The number of fused-ring (bicyclic) bond motifs is 1. The van der Waals surface area contributed by atoms with Gasteiger partial charge in [0.25, 0.3) is 5.69 Å². The highest BCUT2D eigenvalue weighted by atomic mass is 16.6. The zero-order chi connectivity index (χ0) is 14.1. The maximum Gasteiger partial charge on any atom is 0.271 e. The average molecular weight is 272 g/mol. The monoisotopic (exact) mass is 272 g/mol. The first-order chi connectivity index (χ1) is 9.66. The summed E-state index contributed by atoms with van der Waals surface area (Å²) in [6, 6.07) is 4.80. The summed E-state index contributed by atoms with van der Waals surface area (Å²) in [6.07, 6.45) is 7.52. The lowest BCUT2D eigenvalue weighted by Crippen LogP contribution is -2.35. The van der Waals surface area contributed by atoms with Gasteiger partial charge >= 0.3 is 0 Å². The van der Waals surface area contributed by atoms with Crippen molar-refractivity contribution in [2.45, 2.75) is 25.7 Å². The van der Waals surface area contributed by atoms with E-state index in [1.807, 2.05) is 0 Å². The van der Waals surface area contributed by atoms with E-state index in [4.69, 9.17) is 0 Å². The predicted molar refractivity (Wildman–Crippen MR) is 75.6 cm³/mol. The predicted octanol–water partition coefficient (Wildman–Crippen LogP) is 2.84. The van der Waals surface area contributed by atoms with E-state index in [0.29, 0.717) is 6.54 Å². The van der Waals surface area contributed by atoms with Crippen molar-refractivity contribution >= 4 is 17.3 Å². The number of nitro groups is 1. The van der Waals surface area contributed by atoms with Crippen molar-refractivity contribution < 1.29 is 9.72 Å². The number of nitrogens with zero attached hydrogens (tertiary/aromatic N) is 2. The van der Waals surface area contributed by atoms with Crippen LogP contribution >= 0.6 is 0 Å². The summed E-state index contributed by atoms with van der Waals surface area (Å²) in [5.41, 5.74) is 1.79. The Morgan fingerprint density at radius 2 is 2.20 bits per heavy atom. The van der Waals surface area contributed by atoms with Crippen LogP contribution in [0.25, 0.3) is 0 Å². The second kappa shape index (κ2) is 5.07. The Morgan fingerprint density at radius 1 is 1.35 bits per heavy atom. The molecule has 2 aliphatic rings. The lowest BCUT2D eigenvalue weighted by Gasteiger charge is -2.24. The summed E-state index contributed by atoms with van der Waals surface area (Å²) in [6.45, 7) is 0.634. The number of hydrogen-bond donors (Lipinski definition) is 0. The van der Waals surface area contributed by atoms with Crippen molar-refractivity contribution in [3.8, 4) is 0 Å². The number of allylic oxidation sites excluding steroid dienone is 2. The number of nitro benzene ring substituents is 1. The molecule has 1 aromatic carbocycles. The Balaban J connectivity index is 1.87. The molecule has 0 N–H and O–H groups in total. The van der Waals surface area contributed by atoms with Gasteiger partial charge in [0.2, 0.25) is 5.91 Å². The summed E-state index contributed by atoms with van der Waals surface area (Å²) in [5, 5.41) is 10.9. The van der Waals surface area contributed by atoms with Crippen LogP contribution in [0.4, 0.5) is 11.4 Å². The van der Waals surface area contributed by atoms with E-state index in [2.05, 4.69) is 12.2 Å². The Labute approximate surface area is 117 Å². The summed E-state index contributed by atoms with van der Waals surface area (Å²) >= 11 is 0. The Kier molecular flexibility index (Phi) is 3.26. The second-order valence-electron chi connectivity index (χ2n) is 5.29. The van der Waals surface area contributed by atoms with E-state index in [9.17, 15) is 14.9 Å². The molecule has 1 heterocycles. The molecule has 20 heavy (non-hydrogen) atoms. The van der Waals surface area contributed by atoms with Crippen LogP contribution in [0.2, 0.25) is 0 Å². The van der Waals surface area contributed by atoms with E-state index >= 15 is 0 Å². The Hall–Kier alpha value is -2.17. The fraction of sp³-hybridized carbons (Fsp3) is 0.400. The van der Waals surface area contributed by atoms with Crippen LogP contribution < -0.4 is 4.90 Å². The molecule has 0 bridgehead atoms. The summed E-state index contributed by atoms with van der Waals surface area (Å²) in [7, 11) is 0. The van der Waals surface area contributed by atoms with Gasteiger partial charge in [-0.3, -0.25) is 14.9 Å². The molecule has 1 aliphatic carbocycles. The van der Waals surface area contributed by atoms with Gasteiger partial charge in [-0.2, -0.15) is 0 Å². The van der Waals surface area contributed by atoms with Crippen LogP contribution in [0.5, 0.6) is 0 Å². The standard InChI is InChI=1S/C15H16N2O3/c18-15(12-4-2-1-3-5-12)16-9-8-11-6-7-13(17(19)20)10-14(11)16/h1-2,6-7,10,12H,3-5,8-9H2. The molecule has 1 aromatic rings. The maximum absolute atomic E-state index is 12.6. The maximum atomic E-state index is 12.6. The smallest absolute Gasteiger partial charge is 0.271 e. The minimum absolute atomic E-state index is 0.0187. The van der Waals surface area contributed by atoms with Crippen molar-refractivity contribution in [2.75, 3.05) is 11.4 Å². The number of rotatable bonds is 2. The third-order valence-electron chi connectivity index (χ3n) is 4.06. The highest BCUT2D eigenvalue weighted by molar-refractivity contribution is 5.97. The molecule has 0 saturated carbocycles. The van der Waals surface area contributed by atoms with Gasteiger partial charge in [-0.05, 0) is 31.2 Å². The zero-order valence-corrected chi connectivity index (χ0v) is 11.1. The largest absolute Gasteiger partial charge is 0.311 e. The molecular formula is C15H16N2O3. The first kappa shape index (κ1) is 12.8. The normalized spacial score (nSPS) is 20.8. The van der Waals surface area contributed by atoms with Crippen LogP contribution in [0.3, 0.4) is 0 Å². The van der Waals surface area contributed by atoms with Crippen LogP contribution in [0, 0.1) is 16.0 Å². The zero-order valence-electron chi connectivity index (χ0n) is 11.1. The molecule has 0 fully saturated rings. The number of benzene rings is 1. The fourth-order valence-corrected chi connectivity index (χ4v) is 2.95. The molecular weight excluding hydrogens is 256 g/mol. The lowest BCUT2D eigenvalue weighted by molar-refractivity contribution is -0.384. The topological polar surface area (TPSA) is 63.5 Å². The molecule has 5 nitrogen and oxygen atoms in total. The van der Waals surface area contributed by atoms with Crippen LogP contribution in [-0.2, 0) is 11.2 Å². The van der Waals surface area contributed by atoms with Crippen molar-refractivity contribution in [2.24, 2.45) is 5.92 Å². The molecule has 1 atom stereocenters. The number of anilines is 1. The minimum Gasteiger partial charge on any atom is -0.311 e. The number of carbonyl (C=O) groups is 1. The molecule has 3 rings (SSSR count). The average Bonchev–Trinajstić information content (AvgIpc) is 2.90.